The van der Waals surface area contributed by atoms with Gasteiger partial charge in [-0.3, -0.25) is 9.59 Å². The Hall–Kier alpha value is -1.29. The van der Waals surface area contributed by atoms with Crippen LogP contribution in [-0.2, 0) is 9.59 Å². The lowest BCUT2D eigenvalue weighted by Gasteiger charge is -2.29. The first-order valence-electron chi connectivity index (χ1n) is 6.33. The second-order valence-corrected chi connectivity index (χ2v) is 6.04. The third-order valence-electron chi connectivity index (χ3n) is 2.93. The molecule has 1 fully saturated rings. The van der Waals surface area contributed by atoms with Crippen molar-refractivity contribution in [2.45, 2.75) is 40.5 Å². The van der Waals surface area contributed by atoms with Gasteiger partial charge >= 0.3 is 0 Å². The van der Waals surface area contributed by atoms with Crippen molar-refractivity contribution in [3.8, 4) is 0 Å². The highest BCUT2D eigenvalue weighted by atomic mass is 32.1. The molecular formula is C15H21NO2S. The molecule has 0 spiro atoms. The lowest BCUT2D eigenvalue weighted by molar-refractivity contribution is -0.127. The summed E-state index contributed by atoms with van der Waals surface area (Å²) >= 11 is 4.27. The number of hydrogen-bond donors (Lipinski definition) is 2. The van der Waals surface area contributed by atoms with Crippen LogP contribution in [0.3, 0.4) is 0 Å². The van der Waals surface area contributed by atoms with E-state index >= 15 is 0 Å². The number of allylic oxidation sites excluding steroid dienone is 5. The molecule has 1 saturated carbocycles. The van der Waals surface area contributed by atoms with E-state index in [0.29, 0.717) is 17.9 Å². The van der Waals surface area contributed by atoms with Gasteiger partial charge in [-0.2, -0.15) is 0 Å². The highest BCUT2D eigenvalue weighted by Gasteiger charge is 2.36. The van der Waals surface area contributed by atoms with E-state index in [-0.39, 0.29) is 22.6 Å². The van der Waals surface area contributed by atoms with Gasteiger partial charge in [0.2, 0.25) is 0 Å². The molecule has 0 aromatic heterocycles. The molecule has 1 N–H and O–H groups in total. The van der Waals surface area contributed by atoms with Crippen LogP contribution in [0.5, 0.6) is 0 Å². The minimum Gasteiger partial charge on any atom is -0.353 e. The first-order chi connectivity index (χ1) is 8.76. The summed E-state index contributed by atoms with van der Waals surface area (Å²) in [5.74, 6) is -0.254. The molecule has 0 heterocycles. The fourth-order valence-electron chi connectivity index (χ4n) is 2.06. The maximum atomic E-state index is 12.1. The second-order valence-electron chi connectivity index (χ2n) is 5.59. The number of carbonyl (C=O) groups excluding carboxylic acids is 2. The monoisotopic (exact) mass is 279 g/mol. The smallest absolute Gasteiger partial charge is 0.169 e. The minimum atomic E-state index is -0.248. The molecule has 0 radical (unpaired) electrons. The zero-order valence-electron chi connectivity index (χ0n) is 11.9. The van der Waals surface area contributed by atoms with Crippen molar-refractivity contribution >= 4 is 24.2 Å². The zero-order chi connectivity index (χ0) is 14.6. The zero-order valence-corrected chi connectivity index (χ0v) is 12.8. The standard InChI is InChI=1S/C15H21NO2S/c1-5-6-7-10(2)16-14(19)13-11(17)8-15(3,4)9-12(13)18/h5-7,16,19H,8-9H2,1-4H3/b6-5-,10-7+. The minimum absolute atomic E-state index is 0.127. The van der Waals surface area contributed by atoms with E-state index in [1.165, 1.54) is 0 Å². The van der Waals surface area contributed by atoms with Crippen molar-refractivity contribution in [2.24, 2.45) is 5.41 Å². The predicted molar refractivity (Wildman–Crippen MR) is 80.7 cm³/mol. The molecule has 1 aliphatic carbocycles. The predicted octanol–water partition coefficient (Wildman–Crippen LogP) is 3.16. The summed E-state index contributed by atoms with van der Waals surface area (Å²) in [6, 6.07) is 0. The van der Waals surface area contributed by atoms with Gasteiger partial charge in [-0.25, -0.2) is 0 Å². The van der Waals surface area contributed by atoms with Crippen LogP contribution in [0.25, 0.3) is 0 Å². The van der Waals surface area contributed by atoms with Crippen molar-refractivity contribution < 1.29 is 9.59 Å². The van der Waals surface area contributed by atoms with Crippen LogP contribution in [0.4, 0.5) is 0 Å². The van der Waals surface area contributed by atoms with Gasteiger partial charge in [-0.15, -0.1) is 12.6 Å². The largest absolute Gasteiger partial charge is 0.353 e. The van der Waals surface area contributed by atoms with Crippen LogP contribution in [-0.4, -0.2) is 11.6 Å². The molecule has 1 rings (SSSR count). The van der Waals surface area contributed by atoms with Crippen LogP contribution in [0.2, 0.25) is 0 Å². The molecule has 0 aromatic carbocycles. The van der Waals surface area contributed by atoms with E-state index in [0.717, 1.165) is 5.70 Å². The molecule has 0 unspecified atom stereocenters. The van der Waals surface area contributed by atoms with E-state index in [4.69, 9.17) is 0 Å². The fraction of sp³-hybridized carbons (Fsp3) is 0.467. The summed E-state index contributed by atoms with van der Waals surface area (Å²) in [7, 11) is 0. The Bertz CT molecular complexity index is 462. The molecule has 3 nitrogen and oxygen atoms in total. The lowest BCUT2D eigenvalue weighted by Crippen LogP contribution is -2.33. The number of carbonyl (C=O) groups is 2. The van der Waals surface area contributed by atoms with Crippen molar-refractivity contribution in [1.82, 2.24) is 5.32 Å². The summed E-state index contributed by atoms with van der Waals surface area (Å²) in [6.07, 6.45) is 6.41. The van der Waals surface area contributed by atoms with Crippen molar-refractivity contribution in [2.75, 3.05) is 0 Å². The number of thiol groups is 1. The summed E-state index contributed by atoms with van der Waals surface area (Å²) < 4.78 is 0. The highest BCUT2D eigenvalue weighted by molar-refractivity contribution is 7.84. The molecule has 0 amide bonds. The van der Waals surface area contributed by atoms with Crippen molar-refractivity contribution in [3.63, 3.8) is 0 Å². The molecule has 0 bridgehead atoms. The summed E-state index contributed by atoms with van der Waals surface area (Å²) in [5.41, 5.74) is 0.790. The van der Waals surface area contributed by atoms with E-state index in [2.05, 4.69) is 17.9 Å². The average molecular weight is 279 g/mol. The number of hydrogen-bond acceptors (Lipinski definition) is 4. The van der Waals surface area contributed by atoms with E-state index in [1.807, 2.05) is 45.9 Å². The van der Waals surface area contributed by atoms with E-state index in [1.54, 1.807) is 0 Å². The van der Waals surface area contributed by atoms with Crippen LogP contribution in [0, 0.1) is 5.41 Å². The summed E-state index contributed by atoms with van der Waals surface area (Å²) in [6.45, 7) is 7.64. The number of ketones is 2. The lowest BCUT2D eigenvalue weighted by atomic mass is 9.74. The van der Waals surface area contributed by atoms with Gasteiger partial charge in [-0.1, -0.05) is 26.0 Å². The Morgan fingerprint density at radius 1 is 1.26 bits per heavy atom. The van der Waals surface area contributed by atoms with E-state index in [9.17, 15) is 9.59 Å². The van der Waals surface area contributed by atoms with Crippen molar-refractivity contribution in [3.05, 3.63) is 34.5 Å². The van der Waals surface area contributed by atoms with Gasteiger partial charge in [0.05, 0.1) is 10.6 Å². The summed E-state index contributed by atoms with van der Waals surface area (Å²) in [5, 5.41) is 3.34. The van der Waals surface area contributed by atoms with Crippen LogP contribution >= 0.6 is 12.6 Å². The fourth-order valence-corrected chi connectivity index (χ4v) is 2.49. The topological polar surface area (TPSA) is 46.2 Å². The molecule has 4 heteroatoms. The number of Topliss-reactive ketones (excluding diaryl/α,β-unsaturated/α-hetero) is 2. The molecule has 0 atom stereocenters. The molecular weight excluding hydrogens is 258 g/mol. The molecule has 0 aliphatic heterocycles. The van der Waals surface area contributed by atoms with Crippen molar-refractivity contribution in [1.29, 1.82) is 0 Å². The quantitative estimate of drug-likeness (QED) is 0.361. The van der Waals surface area contributed by atoms with Gasteiger partial charge < -0.3 is 5.32 Å². The Balaban J connectivity index is 2.96. The van der Waals surface area contributed by atoms with Crippen LogP contribution < -0.4 is 5.32 Å². The normalized spacial score (nSPS) is 20.1. The average Bonchev–Trinajstić information content (AvgIpc) is 2.23. The third-order valence-corrected chi connectivity index (χ3v) is 3.26. The van der Waals surface area contributed by atoms with Gasteiger partial charge in [0.15, 0.2) is 11.6 Å². The second kappa shape index (κ2) is 6.24. The molecule has 0 saturated heterocycles. The van der Waals surface area contributed by atoms with Gasteiger partial charge in [-0.05, 0) is 25.3 Å². The van der Waals surface area contributed by atoms with Gasteiger partial charge in [0.25, 0.3) is 0 Å². The third kappa shape index (κ3) is 4.39. The molecule has 1 aliphatic rings. The maximum Gasteiger partial charge on any atom is 0.169 e. The highest BCUT2D eigenvalue weighted by Crippen LogP contribution is 2.34. The Morgan fingerprint density at radius 3 is 2.26 bits per heavy atom. The number of rotatable bonds is 3. The van der Waals surface area contributed by atoms with Gasteiger partial charge in [0, 0.05) is 18.5 Å². The Labute approximate surface area is 120 Å². The SMILES string of the molecule is C/C=C\C=C(/C)NC(S)=C1C(=O)CC(C)(C)CC1=O. The van der Waals surface area contributed by atoms with Gasteiger partial charge in [0.1, 0.15) is 0 Å². The molecule has 0 aromatic rings. The maximum absolute atomic E-state index is 12.1. The Morgan fingerprint density at radius 2 is 1.79 bits per heavy atom. The first kappa shape index (κ1) is 15.8. The Kier molecular flexibility index (Phi) is 5.18. The number of nitrogens with one attached hydrogen (secondary N) is 1. The van der Waals surface area contributed by atoms with Crippen LogP contribution in [0.1, 0.15) is 40.5 Å². The van der Waals surface area contributed by atoms with E-state index < -0.39 is 0 Å². The van der Waals surface area contributed by atoms with Crippen LogP contribution in [0.15, 0.2) is 34.5 Å². The molecule has 104 valence electrons. The first-order valence-corrected chi connectivity index (χ1v) is 6.78. The summed E-state index contributed by atoms with van der Waals surface area (Å²) in [4.78, 5) is 24.1. The molecule has 19 heavy (non-hydrogen) atoms.